The minimum atomic E-state index is -3.88. The predicted molar refractivity (Wildman–Crippen MR) is 116 cm³/mol. The number of primary sulfonamides is 1. The summed E-state index contributed by atoms with van der Waals surface area (Å²) in [5.74, 6) is 0.659. The second-order valence-corrected chi connectivity index (χ2v) is 7.99. The van der Waals surface area contributed by atoms with E-state index in [0.717, 1.165) is 5.56 Å². The summed E-state index contributed by atoms with van der Waals surface area (Å²) >= 11 is 0. The number of benzene rings is 2. The first-order valence-electron chi connectivity index (χ1n) is 9.22. The highest BCUT2D eigenvalue weighted by molar-refractivity contribution is 7.89. The van der Waals surface area contributed by atoms with Crippen molar-refractivity contribution in [3.8, 4) is 17.2 Å². The minimum Gasteiger partial charge on any atom is -0.493 e. The van der Waals surface area contributed by atoms with Gasteiger partial charge in [-0.1, -0.05) is 6.07 Å². The Kier molecular flexibility index (Phi) is 10.3. The summed E-state index contributed by atoms with van der Waals surface area (Å²) in [5, 5.41) is 8.60. The first-order chi connectivity index (χ1) is 13.7. The fourth-order valence-corrected chi connectivity index (χ4v) is 3.55. The molecule has 1 atom stereocenters. The number of rotatable bonds is 11. The van der Waals surface area contributed by atoms with Crippen molar-refractivity contribution in [2.45, 2.75) is 31.2 Å². The molecule has 30 heavy (non-hydrogen) atoms. The molecule has 0 aliphatic carbocycles. The van der Waals surface area contributed by atoms with Crippen molar-refractivity contribution in [2.75, 3.05) is 26.9 Å². The lowest BCUT2D eigenvalue weighted by Gasteiger charge is -2.16. The standard InChI is InChI=1S/C20H27FN2O5S.ClH/c1-4-27-18-7-5-15(12-20(18)29(22,24)25)11-14(2)23-9-10-28-17-8-6-16(21)13-19(17)26-3;/h5-8,12-14,23H,4,9-11H2,1-3H3,(H2,22,24,25);1H. The number of nitrogens with two attached hydrogens (primary N) is 1. The fraction of sp³-hybridized carbons (Fsp3) is 0.400. The van der Waals surface area contributed by atoms with Crippen molar-refractivity contribution in [1.82, 2.24) is 5.32 Å². The van der Waals surface area contributed by atoms with Crippen LogP contribution in [0, 0.1) is 5.82 Å². The third-order valence-electron chi connectivity index (χ3n) is 4.13. The minimum absolute atomic E-state index is 0. The molecular formula is C20H28ClFN2O5S. The Morgan fingerprint density at radius 2 is 1.80 bits per heavy atom. The van der Waals surface area contributed by atoms with Gasteiger partial charge in [-0.2, -0.15) is 0 Å². The molecule has 0 bridgehead atoms. The average Bonchev–Trinajstić information content (AvgIpc) is 2.66. The van der Waals surface area contributed by atoms with Crippen LogP contribution in [0.5, 0.6) is 17.2 Å². The zero-order chi connectivity index (χ0) is 21.4. The molecule has 0 aromatic heterocycles. The predicted octanol–water partition coefficient (Wildman–Crippen LogP) is 2.90. The van der Waals surface area contributed by atoms with Crippen molar-refractivity contribution >= 4 is 22.4 Å². The van der Waals surface area contributed by atoms with Crippen LogP contribution in [0.1, 0.15) is 19.4 Å². The van der Waals surface area contributed by atoms with Crippen molar-refractivity contribution in [2.24, 2.45) is 5.14 Å². The molecule has 2 aromatic rings. The van der Waals surface area contributed by atoms with Gasteiger partial charge in [-0.15, -0.1) is 12.4 Å². The van der Waals surface area contributed by atoms with E-state index in [4.69, 9.17) is 19.3 Å². The van der Waals surface area contributed by atoms with Crippen LogP contribution in [-0.4, -0.2) is 41.3 Å². The van der Waals surface area contributed by atoms with Gasteiger partial charge in [-0.3, -0.25) is 0 Å². The SMILES string of the molecule is CCOc1ccc(CC(C)NCCOc2ccc(F)cc2OC)cc1S(N)(=O)=O.Cl. The molecule has 0 saturated carbocycles. The van der Waals surface area contributed by atoms with Crippen LogP contribution >= 0.6 is 12.4 Å². The summed E-state index contributed by atoms with van der Waals surface area (Å²) in [6.07, 6.45) is 0.592. The van der Waals surface area contributed by atoms with Crippen LogP contribution in [0.15, 0.2) is 41.3 Å². The summed E-state index contributed by atoms with van der Waals surface area (Å²) in [6.45, 7) is 5.00. The van der Waals surface area contributed by atoms with Gasteiger partial charge >= 0.3 is 0 Å². The molecular weight excluding hydrogens is 435 g/mol. The number of hydrogen-bond acceptors (Lipinski definition) is 6. The molecule has 0 saturated heterocycles. The Balaban J connectivity index is 0.00000450. The van der Waals surface area contributed by atoms with Gasteiger partial charge in [-0.05, 0) is 50.1 Å². The number of hydrogen-bond donors (Lipinski definition) is 2. The highest BCUT2D eigenvalue weighted by Crippen LogP contribution is 2.27. The zero-order valence-corrected chi connectivity index (χ0v) is 18.8. The Hall–Kier alpha value is -2.07. The van der Waals surface area contributed by atoms with Crippen LogP contribution in [0.3, 0.4) is 0 Å². The van der Waals surface area contributed by atoms with E-state index in [1.807, 2.05) is 13.0 Å². The molecule has 0 fully saturated rings. The Labute approximate surface area is 183 Å². The Bertz CT molecular complexity index is 927. The molecule has 0 amide bonds. The topological polar surface area (TPSA) is 99.9 Å². The second kappa shape index (κ2) is 11.9. The third kappa shape index (κ3) is 7.64. The summed E-state index contributed by atoms with van der Waals surface area (Å²) in [5.41, 5.74) is 0.818. The number of nitrogens with one attached hydrogen (secondary N) is 1. The van der Waals surface area contributed by atoms with Crippen molar-refractivity contribution < 1.29 is 27.0 Å². The zero-order valence-electron chi connectivity index (χ0n) is 17.2. The molecule has 2 aromatic carbocycles. The van der Waals surface area contributed by atoms with E-state index in [9.17, 15) is 12.8 Å². The molecule has 0 aliphatic rings. The van der Waals surface area contributed by atoms with E-state index < -0.39 is 15.8 Å². The van der Waals surface area contributed by atoms with Gasteiger partial charge < -0.3 is 19.5 Å². The molecule has 0 heterocycles. The summed E-state index contributed by atoms with van der Waals surface area (Å²) in [4.78, 5) is -0.0178. The van der Waals surface area contributed by atoms with Gasteiger partial charge in [0.25, 0.3) is 0 Å². The third-order valence-corrected chi connectivity index (χ3v) is 5.07. The maximum absolute atomic E-state index is 13.2. The highest BCUT2D eigenvalue weighted by Gasteiger charge is 2.17. The smallest absolute Gasteiger partial charge is 0.241 e. The molecule has 0 radical (unpaired) electrons. The van der Waals surface area contributed by atoms with Gasteiger partial charge in [0.15, 0.2) is 11.5 Å². The Morgan fingerprint density at radius 3 is 2.43 bits per heavy atom. The van der Waals surface area contributed by atoms with Crippen LogP contribution in [0.2, 0.25) is 0 Å². The largest absolute Gasteiger partial charge is 0.493 e. The maximum atomic E-state index is 13.2. The van der Waals surface area contributed by atoms with E-state index in [1.165, 1.54) is 25.3 Å². The summed E-state index contributed by atoms with van der Waals surface area (Å²) in [7, 11) is -2.43. The van der Waals surface area contributed by atoms with Gasteiger partial charge in [0, 0.05) is 18.7 Å². The lowest BCUT2D eigenvalue weighted by Crippen LogP contribution is -2.32. The van der Waals surface area contributed by atoms with Crippen LogP contribution in [0.4, 0.5) is 4.39 Å². The van der Waals surface area contributed by atoms with Crippen molar-refractivity contribution in [1.29, 1.82) is 0 Å². The average molecular weight is 463 g/mol. The number of ether oxygens (including phenoxy) is 3. The van der Waals surface area contributed by atoms with E-state index >= 15 is 0 Å². The first kappa shape index (κ1) is 26.0. The lowest BCUT2D eigenvalue weighted by molar-refractivity contribution is 0.286. The van der Waals surface area contributed by atoms with E-state index in [0.29, 0.717) is 37.7 Å². The fourth-order valence-electron chi connectivity index (χ4n) is 2.83. The van der Waals surface area contributed by atoms with Crippen LogP contribution in [0.25, 0.3) is 0 Å². The number of halogens is 2. The normalized spacial score (nSPS) is 12.0. The van der Waals surface area contributed by atoms with Gasteiger partial charge in [0.1, 0.15) is 23.1 Å². The van der Waals surface area contributed by atoms with E-state index in [-0.39, 0.29) is 29.1 Å². The first-order valence-corrected chi connectivity index (χ1v) is 10.8. The van der Waals surface area contributed by atoms with E-state index in [1.54, 1.807) is 19.1 Å². The summed E-state index contributed by atoms with van der Waals surface area (Å²) < 4.78 is 52.9. The second-order valence-electron chi connectivity index (χ2n) is 6.46. The van der Waals surface area contributed by atoms with Crippen molar-refractivity contribution in [3.63, 3.8) is 0 Å². The number of sulfonamides is 1. The molecule has 7 nitrogen and oxygen atoms in total. The van der Waals surface area contributed by atoms with Crippen LogP contribution < -0.4 is 24.7 Å². The lowest BCUT2D eigenvalue weighted by atomic mass is 10.1. The van der Waals surface area contributed by atoms with Gasteiger partial charge in [-0.25, -0.2) is 17.9 Å². The van der Waals surface area contributed by atoms with Crippen LogP contribution in [-0.2, 0) is 16.4 Å². The molecule has 10 heteroatoms. The highest BCUT2D eigenvalue weighted by atomic mass is 35.5. The molecule has 3 N–H and O–H groups in total. The quantitative estimate of drug-likeness (QED) is 0.498. The molecule has 2 rings (SSSR count). The monoisotopic (exact) mass is 462 g/mol. The summed E-state index contributed by atoms with van der Waals surface area (Å²) in [6, 6.07) is 9.13. The molecule has 1 unspecified atom stereocenters. The maximum Gasteiger partial charge on any atom is 0.241 e. The Morgan fingerprint density at radius 1 is 1.10 bits per heavy atom. The van der Waals surface area contributed by atoms with Gasteiger partial charge in [0.05, 0.1) is 13.7 Å². The molecule has 0 spiro atoms. The van der Waals surface area contributed by atoms with E-state index in [2.05, 4.69) is 5.32 Å². The van der Waals surface area contributed by atoms with Gasteiger partial charge in [0.2, 0.25) is 10.0 Å². The molecule has 0 aliphatic heterocycles. The number of methoxy groups -OCH3 is 1. The van der Waals surface area contributed by atoms with Crippen molar-refractivity contribution in [3.05, 3.63) is 47.8 Å². The molecule has 168 valence electrons.